The van der Waals surface area contributed by atoms with Crippen LogP contribution < -0.4 is 16.2 Å². The van der Waals surface area contributed by atoms with E-state index < -0.39 is 17.9 Å². The molecule has 0 bridgehead atoms. The average molecular weight is 385 g/mol. The number of amides is 3. The molecular formula is C20H20FN3O4. The van der Waals surface area contributed by atoms with Gasteiger partial charge in [0.2, 0.25) is 5.91 Å². The monoisotopic (exact) mass is 385 g/mol. The van der Waals surface area contributed by atoms with Gasteiger partial charge in [0.05, 0.1) is 6.42 Å². The van der Waals surface area contributed by atoms with Crippen LogP contribution in [0.25, 0.3) is 0 Å². The van der Waals surface area contributed by atoms with Crippen molar-refractivity contribution in [2.75, 3.05) is 11.9 Å². The number of rotatable bonds is 5. The van der Waals surface area contributed by atoms with Crippen LogP contribution in [0.2, 0.25) is 0 Å². The van der Waals surface area contributed by atoms with Gasteiger partial charge in [-0.15, -0.1) is 0 Å². The van der Waals surface area contributed by atoms with Crippen molar-refractivity contribution in [3.63, 3.8) is 0 Å². The van der Waals surface area contributed by atoms with Crippen molar-refractivity contribution >= 4 is 23.4 Å². The van der Waals surface area contributed by atoms with Crippen molar-refractivity contribution < 1.29 is 23.5 Å². The molecule has 0 radical (unpaired) electrons. The van der Waals surface area contributed by atoms with E-state index in [2.05, 4.69) is 16.2 Å². The van der Waals surface area contributed by atoms with Crippen LogP contribution in [0.5, 0.6) is 0 Å². The molecule has 1 aliphatic heterocycles. The SMILES string of the molecule is O=C(Cc1ccc(F)cc1)NNC(=O)c1cccc(NC(=O)C2CCCO2)c1. The number of carbonyl (C=O) groups is 3. The minimum absolute atomic E-state index is 0.00194. The van der Waals surface area contributed by atoms with E-state index in [4.69, 9.17) is 4.74 Å². The molecule has 1 saturated heterocycles. The molecule has 0 aromatic heterocycles. The quantitative estimate of drug-likeness (QED) is 0.686. The summed E-state index contributed by atoms with van der Waals surface area (Å²) >= 11 is 0. The van der Waals surface area contributed by atoms with Gasteiger partial charge >= 0.3 is 0 Å². The Kier molecular flexibility index (Phi) is 6.33. The van der Waals surface area contributed by atoms with E-state index in [-0.39, 0.29) is 23.7 Å². The third-order valence-electron chi connectivity index (χ3n) is 4.21. The van der Waals surface area contributed by atoms with Gasteiger partial charge in [0.25, 0.3) is 11.8 Å². The van der Waals surface area contributed by atoms with E-state index >= 15 is 0 Å². The first-order chi connectivity index (χ1) is 13.5. The topological polar surface area (TPSA) is 96.5 Å². The number of benzene rings is 2. The van der Waals surface area contributed by atoms with Gasteiger partial charge in [-0.2, -0.15) is 0 Å². The molecule has 146 valence electrons. The smallest absolute Gasteiger partial charge is 0.269 e. The fourth-order valence-corrected chi connectivity index (χ4v) is 2.78. The van der Waals surface area contributed by atoms with Gasteiger partial charge in [-0.25, -0.2) is 4.39 Å². The molecule has 3 N–H and O–H groups in total. The van der Waals surface area contributed by atoms with Gasteiger partial charge < -0.3 is 10.1 Å². The van der Waals surface area contributed by atoms with Gasteiger partial charge in [-0.1, -0.05) is 18.2 Å². The second-order valence-electron chi connectivity index (χ2n) is 6.38. The molecule has 0 saturated carbocycles. The van der Waals surface area contributed by atoms with Crippen LogP contribution in [0, 0.1) is 5.82 Å². The summed E-state index contributed by atoms with van der Waals surface area (Å²) in [5, 5.41) is 2.72. The van der Waals surface area contributed by atoms with Crippen molar-refractivity contribution in [2.45, 2.75) is 25.4 Å². The Balaban J connectivity index is 1.51. The molecule has 8 heteroatoms. The number of hydrazine groups is 1. The molecule has 1 heterocycles. The number of carbonyl (C=O) groups excluding carboxylic acids is 3. The standard InChI is InChI=1S/C20H20FN3O4/c21-15-8-6-13(7-9-15)11-18(25)23-24-19(26)14-3-1-4-16(12-14)22-20(27)17-5-2-10-28-17/h1,3-4,6-9,12,17H,2,5,10-11H2,(H,22,27)(H,23,25)(H,24,26). The van der Waals surface area contributed by atoms with Gasteiger partial charge in [0.1, 0.15) is 11.9 Å². The highest BCUT2D eigenvalue weighted by molar-refractivity contribution is 5.99. The van der Waals surface area contributed by atoms with E-state index in [1.807, 2.05) is 0 Å². The Bertz CT molecular complexity index is 864. The highest BCUT2D eigenvalue weighted by Gasteiger charge is 2.23. The van der Waals surface area contributed by atoms with E-state index in [1.165, 1.54) is 30.3 Å². The largest absolute Gasteiger partial charge is 0.368 e. The van der Waals surface area contributed by atoms with Gasteiger partial charge in [0.15, 0.2) is 0 Å². The molecular weight excluding hydrogens is 365 g/mol. The summed E-state index contributed by atoms with van der Waals surface area (Å²) < 4.78 is 18.2. The number of halogens is 1. The van der Waals surface area contributed by atoms with E-state index in [0.717, 1.165) is 6.42 Å². The molecule has 0 aliphatic carbocycles. The summed E-state index contributed by atoms with van der Waals surface area (Å²) in [7, 11) is 0. The number of hydrogen-bond donors (Lipinski definition) is 3. The van der Waals surface area contributed by atoms with E-state index in [0.29, 0.717) is 24.3 Å². The minimum atomic E-state index is -0.527. The number of ether oxygens (including phenoxy) is 1. The van der Waals surface area contributed by atoms with Crippen LogP contribution in [-0.4, -0.2) is 30.4 Å². The average Bonchev–Trinajstić information content (AvgIpc) is 3.23. The van der Waals surface area contributed by atoms with Crippen LogP contribution in [-0.2, 0) is 20.7 Å². The summed E-state index contributed by atoms with van der Waals surface area (Å²) in [6, 6.07) is 11.9. The van der Waals surface area contributed by atoms with Crippen LogP contribution in [0.1, 0.15) is 28.8 Å². The fourth-order valence-electron chi connectivity index (χ4n) is 2.78. The van der Waals surface area contributed by atoms with Crippen LogP contribution in [0.3, 0.4) is 0 Å². The summed E-state index contributed by atoms with van der Waals surface area (Å²) in [6.07, 6.45) is 1.05. The Morgan fingerprint density at radius 2 is 1.86 bits per heavy atom. The second-order valence-corrected chi connectivity index (χ2v) is 6.38. The molecule has 3 amide bonds. The van der Waals surface area contributed by atoms with Crippen molar-refractivity contribution in [3.05, 3.63) is 65.5 Å². The molecule has 1 atom stereocenters. The summed E-state index contributed by atoms with van der Waals surface area (Å²) in [5.74, 6) is -1.60. The van der Waals surface area contributed by atoms with E-state index in [1.54, 1.807) is 18.2 Å². The zero-order valence-corrected chi connectivity index (χ0v) is 15.0. The Morgan fingerprint density at radius 3 is 2.57 bits per heavy atom. The summed E-state index contributed by atoms with van der Waals surface area (Å²) in [4.78, 5) is 36.2. The molecule has 1 aliphatic rings. The van der Waals surface area contributed by atoms with Crippen LogP contribution in [0.15, 0.2) is 48.5 Å². The Labute approximate surface area is 161 Å². The Hall–Kier alpha value is -3.26. The Morgan fingerprint density at radius 1 is 1.07 bits per heavy atom. The molecule has 7 nitrogen and oxygen atoms in total. The zero-order valence-electron chi connectivity index (χ0n) is 15.0. The third-order valence-corrected chi connectivity index (χ3v) is 4.21. The number of anilines is 1. The predicted octanol–water partition coefficient (Wildman–Crippen LogP) is 1.95. The highest BCUT2D eigenvalue weighted by atomic mass is 19.1. The maximum absolute atomic E-state index is 12.9. The first-order valence-corrected chi connectivity index (χ1v) is 8.87. The van der Waals surface area contributed by atoms with Gasteiger partial charge in [-0.3, -0.25) is 25.2 Å². The van der Waals surface area contributed by atoms with Crippen LogP contribution >= 0.6 is 0 Å². The summed E-state index contributed by atoms with van der Waals surface area (Å²) in [6.45, 7) is 0.568. The number of nitrogens with one attached hydrogen (secondary N) is 3. The lowest BCUT2D eigenvalue weighted by atomic mass is 10.1. The van der Waals surface area contributed by atoms with E-state index in [9.17, 15) is 18.8 Å². The van der Waals surface area contributed by atoms with Gasteiger partial charge in [-0.05, 0) is 48.7 Å². The van der Waals surface area contributed by atoms with Crippen LogP contribution in [0.4, 0.5) is 10.1 Å². The molecule has 2 aromatic rings. The van der Waals surface area contributed by atoms with Crippen molar-refractivity contribution in [1.29, 1.82) is 0 Å². The second kappa shape index (κ2) is 9.09. The molecule has 3 rings (SSSR count). The molecule has 2 aromatic carbocycles. The van der Waals surface area contributed by atoms with Crippen molar-refractivity contribution in [3.8, 4) is 0 Å². The minimum Gasteiger partial charge on any atom is -0.368 e. The van der Waals surface area contributed by atoms with Crippen molar-refractivity contribution in [2.24, 2.45) is 0 Å². The van der Waals surface area contributed by atoms with Crippen molar-refractivity contribution in [1.82, 2.24) is 10.9 Å². The lowest BCUT2D eigenvalue weighted by Gasteiger charge is -2.12. The molecule has 0 spiro atoms. The maximum Gasteiger partial charge on any atom is 0.269 e. The normalized spacial score (nSPS) is 15.7. The number of hydrogen-bond acceptors (Lipinski definition) is 4. The predicted molar refractivity (Wildman–Crippen MR) is 99.8 cm³/mol. The summed E-state index contributed by atoms with van der Waals surface area (Å²) in [5.41, 5.74) is 5.98. The fraction of sp³-hybridized carbons (Fsp3) is 0.250. The maximum atomic E-state index is 12.9. The lowest BCUT2D eigenvalue weighted by Crippen LogP contribution is -2.42. The highest BCUT2D eigenvalue weighted by Crippen LogP contribution is 2.16. The zero-order chi connectivity index (χ0) is 19.9. The first kappa shape index (κ1) is 19.5. The first-order valence-electron chi connectivity index (χ1n) is 8.87. The van der Waals surface area contributed by atoms with Gasteiger partial charge in [0, 0.05) is 17.9 Å². The lowest BCUT2D eigenvalue weighted by molar-refractivity contribution is -0.124. The molecule has 28 heavy (non-hydrogen) atoms. The molecule has 1 fully saturated rings. The third kappa shape index (κ3) is 5.37. The molecule has 1 unspecified atom stereocenters.